The minimum atomic E-state index is 0.0966. The van der Waals surface area contributed by atoms with E-state index in [0.717, 1.165) is 38.2 Å². The Hall–Kier alpha value is -1.39. The van der Waals surface area contributed by atoms with E-state index >= 15 is 0 Å². The first kappa shape index (κ1) is 16.5. The number of aryl methyl sites for hydroxylation is 2. The summed E-state index contributed by atoms with van der Waals surface area (Å²) in [6, 6.07) is 6.33. The minimum absolute atomic E-state index is 0.0966. The fraction of sp³-hybridized carbons (Fsp3) is 0.632. The maximum atomic E-state index is 12.1. The van der Waals surface area contributed by atoms with E-state index in [0.29, 0.717) is 12.5 Å². The number of benzene rings is 1. The molecule has 1 aliphatic carbocycles. The third-order valence-corrected chi connectivity index (χ3v) is 4.89. The van der Waals surface area contributed by atoms with Crippen LogP contribution in [-0.4, -0.2) is 43.7 Å². The van der Waals surface area contributed by atoms with Gasteiger partial charge in [-0.3, -0.25) is 4.79 Å². The van der Waals surface area contributed by atoms with E-state index < -0.39 is 0 Å². The lowest BCUT2D eigenvalue weighted by atomic mass is 10.1. The van der Waals surface area contributed by atoms with Crippen molar-refractivity contribution in [3.05, 3.63) is 29.3 Å². The first-order valence-corrected chi connectivity index (χ1v) is 8.92. The molecule has 1 heterocycles. The highest BCUT2D eigenvalue weighted by Crippen LogP contribution is 2.24. The van der Waals surface area contributed by atoms with Crippen molar-refractivity contribution in [2.75, 3.05) is 32.1 Å². The van der Waals surface area contributed by atoms with Gasteiger partial charge in [0.1, 0.15) is 0 Å². The van der Waals surface area contributed by atoms with Gasteiger partial charge in [-0.25, -0.2) is 0 Å². The highest BCUT2D eigenvalue weighted by atomic mass is 16.5. The normalized spacial score (nSPS) is 20.5. The van der Waals surface area contributed by atoms with Gasteiger partial charge in [-0.05, 0) is 68.8 Å². The first-order chi connectivity index (χ1) is 11.2. The zero-order valence-corrected chi connectivity index (χ0v) is 14.1. The molecular formula is C19H28N2O2. The van der Waals surface area contributed by atoms with Gasteiger partial charge in [-0.2, -0.15) is 0 Å². The molecule has 0 unspecified atom stereocenters. The molecule has 1 N–H and O–H groups in total. The number of nitrogens with one attached hydrogen (secondary N) is 1. The fourth-order valence-corrected chi connectivity index (χ4v) is 3.56. The van der Waals surface area contributed by atoms with Crippen LogP contribution in [-0.2, 0) is 22.4 Å². The number of anilines is 1. The van der Waals surface area contributed by atoms with E-state index in [1.165, 1.54) is 36.8 Å². The average molecular weight is 316 g/mol. The van der Waals surface area contributed by atoms with Crippen LogP contribution in [0.15, 0.2) is 18.2 Å². The Bertz CT molecular complexity index is 538. The summed E-state index contributed by atoms with van der Waals surface area (Å²) in [4.78, 5) is 14.3. The molecule has 0 saturated carbocycles. The summed E-state index contributed by atoms with van der Waals surface area (Å²) in [6.45, 7) is 2.58. The Labute approximate surface area is 139 Å². The summed E-state index contributed by atoms with van der Waals surface area (Å²) >= 11 is 0. The van der Waals surface area contributed by atoms with Gasteiger partial charge >= 0.3 is 0 Å². The van der Waals surface area contributed by atoms with Crippen molar-refractivity contribution in [3.8, 4) is 0 Å². The number of fused-ring (bicyclic) bond motifs is 1. The van der Waals surface area contributed by atoms with Crippen molar-refractivity contribution in [3.63, 3.8) is 0 Å². The second-order valence-corrected chi connectivity index (χ2v) is 6.89. The highest BCUT2D eigenvalue weighted by Gasteiger charge is 2.16. The van der Waals surface area contributed by atoms with Crippen molar-refractivity contribution in [1.82, 2.24) is 4.90 Å². The van der Waals surface area contributed by atoms with Gasteiger partial charge < -0.3 is 15.0 Å². The van der Waals surface area contributed by atoms with E-state index in [1.807, 2.05) is 6.07 Å². The van der Waals surface area contributed by atoms with Crippen LogP contribution in [0.4, 0.5) is 5.69 Å². The van der Waals surface area contributed by atoms with Crippen LogP contribution >= 0.6 is 0 Å². The number of hydrogen-bond donors (Lipinski definition) is 1. The molecule has 1 aromatic carbocycles. The van der Waals surface area contributed by atoms with Crippen molar-refractivity contribution in [2.24, 2.45) is 0 Å². The Kier molecular flexibility index (Phi) is 5.68. The van der Waals surface area contributed by atoms with Crippen LogP contribution < -0.4 is 5.32 Å². The molecule has 4 heteroatoms. The SMILES string of the molecule is CN(CCC(=O)Nc1ccc2c(c1)CCC2)C[C@H]1CCCCO1. The molecule has 0 spiro atoms. The number of likely N-dealkylation sites (N-methyl/N-ethyl adjacent to an activating group) is 1. The quantitative estimate of drug-likeness (QED) is 0.877. The lowest BCUT2D eigenvalue weighted by molar-refractivity contribution is -0.116. The average Bonchev–Trinajstić information content (AvgIpc) is 3.01. The Morgan fingerprint density at radius 1 is 1.26 bits per heavy atom. The molecule has 4 nitrogen and oxygen atoms in total. The largest absolute Gasteiger partial charge is 0.377 e. The van der Waals surface area contributed by atoms with Crippen LogP contribution in [0.3, 0.4) is 0 Å². The highest BCUT2D eigenvalue weighted by molar-refractivity contribution is 5.91. The van der Waals surface area contributed by atoms with Gasteiger partial charge in [0.2, 0.25) is 5.91 Å². The standard InChI is InChI=1S/C19H28N2O2/c1-21(14-18-7-2-3-12-23-18)11-10-19(22)20-17-9-8-15-5-4-6-16(15)13-17/h8-9,13,18H,2-7,10-12,14H2,1H3,(H,20,22)/t18-/m1/s1. The number of carbonyl (C=O) groups excluding carboxylic acids is 1. The molecule has 1 atom stereocenters. The van der Waals surface area contributed by atoms with Crippen molar-refractivity contribution in [2.45, 2.75) is 51.0 Å². The minimum Gasteiger partial charge on any atom is -0.377 e. The van der Waals surface area contributed by atoms with Crippen molar-refractivity contribution in [1.29, 1.82) is 0 Å². The molecule has 2 aliphatic rings. The maximum absolute atomic E-state index is 12.1. The van der Waals surface area contributed by atoms with Crippen LogP contribution in [0.5, 0.6) is 0 Å². The molecule has 126 valence electrons. The second kappa shape index (κ2) is 7.93. The predicted octanol–water partition coefficient (Wildman–Crippen LogP) is 3.00. The summed E-state index contributed by atoms with van der Waals surface area (Å²) in [7, 11) is 2.07. The monoisotopic (exact) mass is 316 g/mol. The fourth-order valence-electron chi connectivity index (χ4n) is 3.56. The number of amides is 1. The molecule has 1 saturated heterocycles. The number of rotatable bonds is 6. The number of carbonyl (C=O) groups is 1. The summed E-state index contributed by atoms with van der Waals surface area (Å²) in [5.41, 5.74) is 3.78. The van der Waals surface area contributed by atoms with E-state index in [-0.39, 0.29) is 5.91 Å². The summed E-state index contributed by atoms with van der Waals surface area (Å²) < 4.78 is 5.75. The summed E-state index contributed by atoms with van der Waals surface area (Å²) in [5, 5.41) is 3.03. The van der Waals surface area contributed by atoms with Gasteiger partial charge in [0.25, 0.3) is 0 Å². The Balaban J connectivity index is 1.40. The Morgan fingerprint density at radius 3 is 2.96 bits per heavy atom. The molecule has 1 aliphatic heterocycles. The van der Waals surface area contributed by atoms with Crippen molar-refractivity contribution < 1.29 is 9.53 Å². The lowest BCUT2D eigenvalue weighted by Crippen LogP contribution is -2.35. The van der Waals surface area contributed by atoms with E-state index in [2.05, 4.69) is 29.4 Å². The number of hydrogen-bond acceptors (Lipinski definition) is 3. The molecule has 3 rings (SSSR count). The second-order valence-electron chi connectivity index (χ2n) is 6.89. The van der Waals surface area contributed by atoms with Gasteiger partial charge in [-0.1, -0.05) is 6.07 Å². The van der Waals surface area contributed by atoms with E-state index in [1.54, 1.807) is 0 Å². The predicted molar refractivity (Wildman–Crippen MR) is 92.8 cm³/mol. The van der Waals surface area contributed by atoms with Gasteiger partial charge in [0.15, 0.2) is 0 Å². The zero-order chi connectivity index (χ0) is 16.1. The summed E-state index contributed by atoms with van der Waals surface area (Å²) in [6.07, 6.45) is 8.02. The molecule has 1 amide bonds. The van der Waals surface area contributed by atoms with Crippen LogP contribution in [0.2, 0.25) is 0 Å². The van der Waals surface area contributed by atoms with Crippen LogP contribution in [0, 0.1) is 0 Å². The molecule has 1 fully saturated rings. The number of ether oxygens (including phenoxy) is 1. The first-order valence-electron chi connectivity index (χ1n) is 8.92. The molecule has 0 radical (unpaired) electrons. The van der Waals surface area contributed by atoms with Crippen LogP contribution in [0.25, 0.3) is 0 Å². The van der Waals surface area contributed by atoms with Crippen LogP contribution in [0.1, 0.15) is 43.2 Å². The van der Waals surface area contributed by atoms with Gasteiger partial charge in [-0.15, -0.1) is 0 Å². The smallest absolute Gasteiger partial charge is 0.225 e. The Morgan fingerprint density at radius 2 is 2.13 bits per heavy atom. The van der Waals surface area contributed by atoms with Gasteiger partial charge in [0, 0.05) is 31.8 Å². The third-order valence-electron chi connectivity index (χ3n) is 4.89. The molecule has 0 bridgehead atoms. The van der Waals surface area contributed by atoms with Crippen molar-refractivity contribution >= 4 is 11.6 Å². The third kappa shape index (κ3) is 4.79. The molecular weight excluding hydrogens is 288 g/mol. The summed E-state index contributed by atoms with van der Waals surface area (Å²) in [5.74, 6) is 0.0966. The maximum Gasteiger partial charge on any atom is 0.225 e. The number of nitrogens with zero attached hydrogens (tertiary/aromatic N) is 1. The van der Waals surface area contributed by atoms with E-state index in [4.69, 9.17) is 4.74 Å². The zero-order valence-electron chi connectivity index (χ0n) is 14.1. The van der Waals surface area contributed by atoms with Gasteiger partial charge in [0.05, 0.1) is 6.10 Å². The molecule has 23 heavy (non-hydrogen) atoms. The molecule has 1 aromatic rings. The lowest BCUT2D eigenvalue weighted by Gasteiger charge is -2.27. The van der Waals surface area contributed by atoms with E-state index in [9.17, 15) is 4.79 Å². The topological polar surface area (TPSA) is 41.6 Å². The molecule has 0 aromatic heterocycles.